The molecule has 0 fully saturated rings. The lowest BCUT2D eigenvalue weighted by molar-refractivity contribution is 0.404. The van der Waals surface area contributed by atoms with Crippen molar-refractivity contribution in [2.75, 3.05) is 0 Å². The fraction of sp³-hybridized carbons (Fsp3) is 0.0556. The Bertz CT molecular complexity index is 988. The molecule has 4 rings (SSSR count). The Labute approximate surface area is 136 Å². The topological polar surface area (TPSA) is 69.1 Å². The molecule has 4 aromatic rings. The van der Waals surface area contributed by atoms with Gasteiger partial charge in [-0.15, -0.1) is 11.3 Å². The van der Waals surface area contributed by atoms with Crippen molar-refractivity contribution in [3.05, 3.63) is 64.6 Å². The third-order valence-electron chi connectivity index (χ3n) is 3.84. The summed E-state index contributed by atoms with van der Waals surface area (Å²) in [4.78, 5) is 7.92. The number of aromatic amines is 1. The molecule has 0 unspecified atom stereocenters. The number of phenols is 2. The number of thiazole rings is 1. The first kappa shape index (κ1) is 13.8. The second kappa shape index (κ2) is 5.44. The van der Waals surface area contributed by atoms with E-state index in [0.717, 1.165) is 28.2 Å². The SMILES string of the molecule is Oc1ccc(-c2csc(Cc3c[nH]c4ccccc34)n2)cc1O. The van der Waals surface area contributed by atoms with Gasteiger partial charge in [-0.05, 0) is 29.8 Å². The molecule has 0 radical (unpaired) electrons. The zero-order valence-electron chi connectivity index (χ0n) is 12.2. The van der Waals surface area contributed by atoms with Crippen molar-refractivity contribution < 1.29 is 10.2 Å². The summed E-state index contributed by atoms with van der Waals surface area (Å²) < 4.78 is 0. The highest BCUT2D eigenvalue weighted by atomic mass is 32.1. The molecule has 0 amide bonds. The zero-order valence-corrected chi connectivity index (χ0v) is 13.0. The van der Waals surface area contributed by atoms with Crippen molar-refractivity contribution in [3.63, 3.8) is 0 Å². The van der Waals surface area contributed by atoms with Crippen LogP contribution in [0, 0.1) is 0 Å². The molecule has 0 saturated carbocycles. The quantitative estimate of drug-likeness (QED) is 0.493. The molecular formula is C18H14N2O2S. The molecule has 2 aromatic carbocycles. The lowest BCUT2D eigenvalue weighted by Crippen LogP contribution is -1.86. The van der Waals surface area contributed by atoms with Crippen LogP contribution in [0.1, 0.15) is 10.6 Å². The monoisotopic (exact) mass is 322 g/mol. The number of aromatic hydroxyl groups is 2. The maximum Gasteiger partial charge on any atom is 0.158 e. The van der Waals surface area contributed by atoms with Gasteiger partial charge >= 0.3 is 0 Å². The van der Waals surface area contributed by atoms with Gasteiger partial charge in [0.25, 0.3) is 0 Å². The van der Waals surface area contributed by atoms with Gasteiger partial charge in [-0.3, -0.25) is 0 Å². The minimum Gasteiger partial charge on any atom is -0.504 e. The highest BCUT2D eigenvalue weighted by molar-refractivity contribution is 7.10. The maximum absolute atomic E-state index is 9.62. The molecule has 3 N–H and O–H groups in total. The van der Waals surface area contributed by atoms with Gasteiger partial charge in [-0.2, -0.15) is 0 Å². The summed E-state index contributed by atoms with van der Waals surface area (Å²) in [6.07, 6.45) is 2.79. The Morgan fingerprint density at radius 1 is 1.04 bits per heavy atom. The molecule has 4 nitrogen and oxygen atoms in total. The Balaban J connectivity index is 1.64. The number of phenolic OH excluding ortho intramolecular Hbond substituents is 2. The van der Waals surface area contributed by atoms with Crippen molar-refractivity contribution in [2.45, 2.75) is 6.42 Å². The molecule has 114 valence electrons. The van der Waals surface area contributed by atoms with Crippen molar-refractivity contribution in [3.8, 4) is 22.8 Å². The van der Waals surface area contributed by atoms with Crippen LogP contribution < -0.4 is 0 Å². The largest absolute Gasteiger partial charge is 0.504 e. The predicted molar refractivity (Wildman–Crippen MR) is 92.0 cm³/mol. The average Bonchev–Trinajstić information content (AvgIpc) is 3.18. The fourth-order valence-corrected chi connectivity index (χ4v) is 3.47. The van der Waals surface area contributed by atoms with Gasteiger partial charge in [0, 0.05) is 34.5 Å². The number of hydrogen-bond donors (Lipinski definition) is 3. The lowest BCUT2D eigenvalue weighted by Gasteiger charge is -2.00. The van der Waals surface area contributed by atoms with E-state index >= 15 is 0 Å². The normalized spacial score (nSPS) is 11.1. The van der Waals surface area contributed by atoms with Gasteiger partial charge < -0.3 is 15.2 Å². The first-order valence-corrected chi connectivity index (χ1v) is 8.10. The number of fused-ring (bicyclic) bond motifs is 1. The zero-order chi connectivity index (χ0) is 15.8. The average molecular weight is 322 g/mol. The standard InChI is InChI=1S/C18H14N2O2S/c21-16-6-5-11(7-17(16)22)15-10-23-18(20-15)8-12-9-19-14-4-2-1-3-13(12)14/h1-7,9-10,19,21-22H,8H2. The summed E-state index contributed by atoms with van der Waals surface area (Å²) in [5.41, 5.74) is 3.94. The minimum absolute atomic E-state index is 0.122. The maximum atomic E-state index is 9.62. The van der Waals surface area contributed by atoms with Crippen LogP contribution in [0.15, 0.2) is 54.0 Å². The third kappa shape index (κ3) is 2.55. The van der Waals surface area contributed by atoms with Crippen molar-refractivity contribution in [1.29, 1.82) is 0 Å². The van der Waals surface area contributed by atoms with Crippen LogP contribution in [-0.2, 0) is 6.42 Å². The number of hydrogen-bond acceptors (Lipinski definition) is 4. The lowest BCUT2D eigenvalue weighted by atomic mass is 10.1. The molecular weight excluding hydrogens is 308 g/mol. The number of nitrogens with one attached hydrogen (secondary N) is 1. The molecule has 0 aliphatic carbocycles. The van der Waals surface area contributed by atoms with Crippen molar-refractivity contribution in [1.82, 2.24) is 9.97 Å². The second-order valence-electron chi connectivity index (χ2n) is 5.37. The molecule has 0 aliphatic rings. The van der Waals surface area contributed by atoms with Crippen LogP contribution in [0.5, 0.6) is 11.5 Å². The van der Waals surface area contributed by atoms with Gasteiger partial charge in [0.15, 0.2) is 11.5 Å². The van der Waals surface area contributed by atoms with Gasteiger partial charge in [-0.1, -0.05) is 18.2 Å². The van der Waals surface area contributed by atoms with Crippen molar-refractivity contribution in [2.24, 2.45) is 0 Å². The first-order chi connectivity index (χ1) is 11.2. The van der Waals surface area contributed by atoms with E-state index in [-0.39, 0.29) is 11.5 Å². The first-order valence-electron chi connectivity index (χ1n) is 7.22. The minimum atomic E-state index is -0.131. The van der Waals surface area contributed by atoms with Gasteiger partial charge in [-0.25, -0.2) is 4.98 Å². The molecule has 0 aliphatic heterocycles. The van der Waals surface area contributed by atoms with Gasteiger partial charge in [0.2, 0.25) is 0 Å². The predicted octanol–water partition coefficient (Wildman–Crippen LogP) is 4.29. The number of benzene rings is 2. The Hall–Kier alpha value is -2.79. The van der Waals surface area contributed by atoms with Crippen LogP contribution in [0.4, 0.5) is 0 Å². The van der Waals surface area contributed by atoms with E-state index in [1.807, 2.05) is 23.7 Å². The summed E-state index contributed by atoms with van der Waals surface area (Å²) in [6, 6.07) is 13.0. The summed E-state index contributed by atoms with van der Waals surface area (Å²) in [6.45, 7) is 0. The number of aromatic nitrogens is 2. The summed E-state index contributed by atoms with van der Waals surface area (Å²) in [5.74, 6) is -0.253. The molecule has 0 saturated heterocycles. The smallest absolute Gasteiger partial charge is 0.158 e. The Morgan fingerprint density at radius 2 is 1.91 bits per heavy atom. The molecule has 0 atom stereocenters. The second-order valence-corrected chi connectivity index (χ2v) is 6.31. The Kier molecular flexibility index (Phi) is 3.28. The fourth-order valence-electron chi connectivity index (χ4n) is 2.65. The molecule has 2 heterocycles. The van der Waals surface area contributed by atoms with Crippen LogP contribution in [0.3, 0.4) is 0 Å². The molecule has 0 spiro atoms. The molecule has 0 bridgehead atoms. The van der Waals surface area contributed by atoms with E-state index in [2.05, 4.69) is 22.1 Å². The van der Waals surface area contributed by atoms with E-state index in [0.29, 0.717) is 0 Å². The van der Waals surface area contributed by atoms with Crippen LogP contribution in [-0.4, -0.2) is 20.2 Å². The van der Waals surface area contributed by atoms with Gasteiger partial charge in [0.05, 0.1) is 10.7 Å². The van der Waals surface area contributed by atoms with Crippen LogP contribution in [0.2, 0.25) is 0 Å². The summed E-state index contributed by atoms with van der Waals surface area (Å²) in [5, 5.41) is 23.2. The molecule has 5 heteroatoms. The van der Waals surface area contributed by atoms with Crippen LogP contribution in [0.25, 0.3) is 22.2 Å². The van der Waals surface area contributed by atoms with Gasteiger partial charge in [0.1, 0.15) is 0 Å². The van der Waals surface area contributed by atoms with E-state index in [1.54, 1.807) is 17.4 Å². The number of para-hydroxylation sites is 1. The summed E-state index contributed by atoms with van der Waals surface area (Å²) in [7, 11) is 0. The number of nitrogens with zero attached hydrogens (tertiary/aromatic N) is 1. The number of H-pyrrole nitrogens is 1. The highest BCUT2D eigenvalue weighted by Gasteiger charge is 2.10. The van der Waals surface area contributed by atoms with Crippen molar-refractivity contribution >= 4 is 22.2 Å². The van der Waals surface area contributed by atoms with E-state index in [4.69, 9.17) is 0 Å². The summed E-state index contributed by atoms with van der Waals surface area (Å²) >= 11 is 1.59. The molecule has 2 aromatic heterocycles. The van der Waals surface area contributed by atoms with E-state index in [1.165, 1.54) is 23.1 Å². The van der Waals surface area contributed by atoms with Crippen LogP contribution >= 0.6 is 11.3 Å². The van der Waals surface area contributed by atoms with E-state index in [9.17, 15) is 10.2 Å². The number of rotatable bonds is 3. The highest BCUT2D eigenvalue weighted by Crippen LogP contribution is 2.31. The van der Waals surface area contributed by atoms with E-state index < -0.39 is 0 Å². The third-order valence-corrected chi connectivity index (χ3v) is 4.69. The Morgan fingerprint density at radius 3 is 2.78 bits per heavy atom. The molecule has 23 heavy (non-hydrogen) atoms.